The first-order valence-electron chi connectivity index (χ1n) is 10.3. The molecule has 0 amide bonds. The molecule has 9 N–H and O–H groups in total. The van der Waals surface area contributed by atoms with Gasteiger partial charge in [0, 0.05) is 0 Å². The van der Waals surface area contributed by atoms with Crippen LogP contribution in [0.2, 0.25) is 0 Å². The van der Waals surface area contributed by atoms with Gasteiger partial charge in [0.1, 0.15) is 0 Å². The van der Waals surface area contributed by atoms with Crippen LogP contribution in [-0.2, 0) is 4.57 Å². The van der Waals surface area contributed by atoms with Gasteiger partial charge in [-0.3, -0.25) is 0 Å². The van der Waals surface area contributed by atoms with Gasteiger partial charge in [0.15, 0.2) is 0 Å². The van der Waals surface area contributed by atoms with E-state index in [1.165, 1.54) is 72.8 Å². The average molecular weight is 604 g/mol. The molecule has 18 heteroatoms. The van der Waals surface area contributed by atoms with Crippen molar-refractivity contribution in [1.29, 1.82) is 0 Å². The number of benzene rings is 3. The minimum atomic E-state index is -4.64. The van der Waals surface area contributed by atoms with Crippen LogP contribution in [0.1, 0.15) is 62.1 Å². The van der Waals surface area contributed by atoms with Crippen molar-refractivity contribution in [1.82, 2.24) is 0 Å². The van der Waals surface area contributed by atoms with Crippen LogP contribution in [0.15, 0.2) is 72.8 Å². The van der Waals surface area contributed by atoms with Crippen LogP contribution in [-0.4, -0.2) is 100.0 Å². The molecule has 16 nitrogen and oxygen atoms in total. The number of hydrogen-bond donors (Lipinski definition) is 9. The Labute approximate surface area is 247 Å². The zero-order chi connectivity index (χ0) is 31.9. The summed E-state index contributed by atoms with van der Waals surface area (Å²) in [6, 6.07) is 16.4. The molecule has 0 bridgehead atoms. The van der Waals surface area contributed by atoms with E-state index in [4.69, 9.17) is 49.9 Å². The van der Waals surface area contributed by atoms with Crippen LogP contribution in [0.5, 0.6) is 0 Å². The molecule has 0 aliphatic carbocycles. The van der Waals surface area contributed by atoms with E-state index in [0.717, 1.165) is 0 Å². The van der Waals surface area contributed by atoms with Gasteiger partial charge in [0.2, 0.25) is 0 Å². The second-order valence-corrected chi connectivity index (χ2v) is 8.01. The van der Waals surface area contributed by atoms with Crippen LogP contribution in [0.4, 0.5) is 0 Å². The van der Waals surface area contributed by atoms with Crippen molar-refractivity contribution in [2.24, 2.45) is 0 Å². The second kappa shape index (κ2) is 18.5. The zero-order valence-electron chi connectivity index (χ0n) is 20.3. The van der Waals surface area contributed by atoms with E-state index in [1.54, 1.807) is 0 Å². The Hall–Kier alpha value is -4.81. The zero-order valence-corrected chi connectivity index (χ0v) is 21.2. The van der Waals surface area contributed by atoms with Gasteiger partial charge in [-0.05, 0) is 36.4 Å². The number of rotatable bonds is 6. The maximum atomic E-state index is 10.5. The summed E-state index contributed by atoms with van der Waals surface area (Å²) in [7, 11) is -4.64. The third kappa shape index (κ3) is 15.1. The fraction of sp³-hybridized carbons (Fsp3) is 0. The summed E-state index contributed by atoms with van der Waals surface area (Å²) in [4.78, 5) is 84.3. The fourth-order valence-electron chi connectivity index (χ4n) is 2.57. The first-order valence-corrected chi connectivity index (χ1v) is 11.9. The Kier molecular flexibility index (Phi) is 17.3. The normalized spacial score (nSPS) is 9.40. The van der Waals surface area contributed by atoms with Gasteiger partial charge in [-0.25, -0.2) is 33.3 Å². The summed E-state index contributed by atoms with van der Waals surface area (Å²) >= 11 is 0. The molecule has 0 fully saturated rings. The van der Waals surface area contributed by atoms with E-state index in [0.29, 0.717) is 0 Å². The van der Waals surface area contributed by atoms with E-state index in [1.807, 2.05) is 0 Å². The third-order valence-corrected chi connectivity index (χ3v) is 4.16. The standard InChI is InChI=1S/3C8H6O4.Li.H3O4P.H/c3*9-7(10)5-3-1-2-4-6(5)8(11)12;;1-5(2,3)4;/h3*1-4H,(H,9,10)(H,11,12);;(H3,1,2,3,4);. The monoisotopic (exact) mass is 604 g/mol. The molecule has 0 radical (unpaired) electrons. The Morgan fingerprint density at radius 1 is 0.381 bits per heavy atom. The molecule has 0 unspecified atom stereocenters. The summed E-state index contributed by atoms with van der Waals surface area (Å²) in [5.74, 6) is -7.37. The van der Waals surface area contributed by atoms with Crippen LogP contribution in [0.3, 0.4) is 0 Å². The summed E-state index contributed by atoms with van der Waals surface area (Å²) in [6.45, 7) is 0. The number of carbonyl (C=O) groups is 6. The van der Waals surface area contributed by atoms with E-state index in [2.05, 4.69) is 0 Å². The van der Waals surface area contributed by atoms with Crippen molar-refractivity contribution in [3.8, 4) is 0 Å². The van der Waals surface area contributed by atoms with Gasteiger partial charge >= 0.3 is 62.5 Å². The second-order valence-electron chi connectivity index (χ2n) is 6.98. The molecule has 3 rings (SSSR count). The Morgan fingerprint density at radius 3 is 0.548 bits per heavy atom. The first kappa shape index (κ1) is 39.3. The molecule has 3 aromatic carbocycles. The fourth-order valence-corrected chi connectivity index (χ4v) is 2.57. The average Bonchev–Trinajstić information content (AvgIpc) is 2.88. The molecule has 0 aliphatic rings. The molecular formula is C24H22LiO16P. The van der Waals surface area contributed by atoms with Gasteiger partial charge in [-0.2, -0.15) is 0 Å². The molecule has 42 heavy (non-hydrogen) atoms. The molecule has 0 aliphatic heterocycles. The molecule has 0 saturated carbocycles. The Bertz CT molecular complexity index is 1210. The Balaban J connectivity index is 0. The SMILES string of the molecule is O=C(O)c1ccccc1C(=O)O.O=C(O)c1ccccc1C(=O)O.O=C(O)c1ccccc1C(=O)O.O=P(O)(O)O.[LiH]. The predicted octanol–water partition coefficient (Wildman–Crippen LogP) is 1.67. The van der Waals surface area contributed by atoms with Crippen LogP contribution >= 0.6 is 7.82 Å². The van der Waals surface area contributed by atoms with Gasteiger partial charge in [-0.15, -0.1) is 0 Å². The predicted molar refractivity (Wildman–Crippen MR) is 142 cm³/mol. The summed E-state index contributed by atoms with van der Waals surface area (Å²) in [5.41, 5.74) is -1.14. The van der Waals surface area contributed by atoms with Crippen LogP contribution in [0, 0.1) is 0 Å². The maximum absolute atomic E-state index is 10.5. The van der Waals surface area contributed by atoms with E-state index in [9.17, 15) is 28.8 Å². The van der Waals surface area contributed by atoms with Crippen LogP contribution < -0.4 is 0 Å². The number of carboxylic acid groups (broad SMARTS) is 6. The summed E-state index contributed by atoms with van der Waals surface area (Å²) < 4.78 is 8.88. The van der Waals surface area contributed by atoms with Gasteiger partial charge in [0.05, 0.1) is 33.4 Å². The first-order chi connectivity index (χ1) is 18.9. The van der Waals surface area contributed by atoms with Gasteiger partial charge in [0.25, 0.3) is 0 Å². The van der Waals surface area contributed by atoms with E-state index in [-0.39, 0.29) is 52.2 Å². The molecule has 220 valence electrons. The number of hydrogen-bond acceptors (Lipinski definition) is 7. The summed E-state index contributed by atoms with van der Waals surface area (Å²) in [6.07, 6.45) is 0. The van der Waals surface area contributed by atoms with Gasteiger partial charge in [-0.1, -0.05) is 36.4 Å². The number of phosphoric acid groups is 1. The third-order valence-electron chi connectivity index (χ3n) is 4.16. The molecular weight excluding hydrogens is 582 g/mol. The van der Waals surface area contributed by atoms with Crippen molar-refractivity contribution in [3.05, 3.63) is 106 Å². The van der Waals surface area contributed by atoms with E-state index >= 15 is 0 Å². The topological polar surface area (TPSA) is 302 Å². The van der Waals surface area contributed by atoms with Crippen molar-refractivity contribution >= 4 is 62.5 Å². The van der Waals surface area contributed by atoms with Crippen LogP contribution in [0.25, 0.3) is 0 Å². The van der Waals surface area contributed by atoms with Crippen molar-refractivity contribution in [3.63, 3.8) is 0 Å². The molecule has 0 saturated heterocycles. The van der Waals surface area contributed by atoms with Crippen molar-refractivity contribution in [2.75, 3.05) is 0 Å². The number of aromatic carboxylic acids is 6. The molecule has 0 atom stereocenters. The van der Waals surface area contributed by atoms with E-state index < -0.39 is 43.6 Å². The molecule has 0 spiro atoms. The van der Waals surface area contributed by atoms with Crippen molar-refractivity contribution in [2.45, 2.75) is 0 Å². The minimum absolute atomic E-state index is 0. The summed E-state index contributed by atoms with van der Waals surface area (Å²) in [5, 5.41) is 51.3. The quantitative estimate of drug-likeness (QED) is 0.143. The van der Waals surface area contributed by atoms with Gasteiger partial charge < -0.3 is 45.3 Å². The Morgan fingerprint density at radius 2 is 0.476 bits per heavy atom. The van der Waals surface area contributed by atoms with Crippen molar-refractivity contribution < 1.29 is 78.7 Å². The molecule has 0 aromatic heterocycles. The molecule has 3 aromatic rings. The number of carboxylic acids is 6. The molecule has 0 heterocycles.